The van der Waals surface area contributed by atoms with E-state index in [0.29, 0.717) is 18.8 Å². The van der Waals surface area contributed by atoms with Crippen molar-refractivity contribution in [2.45, 2.75) is 32.9 Å². The normalized spacial score (nSPS) is 10.9. The first-order chi connectivity index (χ1) is 17.0. The summed E-state index contributed by atoms with van der Waals surface area (Å²) in [5, 5.41) is 4.08. The monoisotopic (exact) mass is 468 g/mol. The molecule has 3 aromatic carbocycles. The number of para-hydroxylation sites is 2. The van der Waals surface area contributed by atoms with Crippen molar-refractivity contribution in [2.24, 2.45) is 0 Å². The molecule has 2 N–H and O–H groups in total. The van der Waals surface area contributed by atoms with Crippen LogP contribution in [0.15, 0.2) is 91.1 Å². The largest absolute Gasteiger partial charge is 0.361 e. The van der Waals surface area contributed by atoms with E-state index in [-0.39, 0.29) is 24.5 Å². The summed E-state index contributed by atoms with van der Waals surface area (Å²) in [6, 6.07) is 27.0. The average Bonchev–Trinajstić information content (AvgIpc) is 3.29. The van der Waals surface area contributed by atoms with E-state index in [1.165, 1.54) is 10.9 Å². The van der Waals surface area contributed by atoms with E-state index in [1.807, 2.05) is 97.7 Å². The Hall–Kier alpha value is -4.06. The topological polar surface area (TPSA) is 68.4 Å². The lowest BCUT2D eigenvalue weighted by Crippen LogP contribution is -2.47. The SMILES string of the molecule is CC(C)N(CC(=O)N(CCc1c[nH]c2ccccc12)Cc1ccccc1)C(=O)Nc1ccccc1. The van der Waals surface area contributed by atoms with E-state index in [4.69, 9.17) is 0 Å². The molecule has 0 aliphatic heterocycles. The smallest absolute Gasteiger partial charge is 0.322 e. The van der Waals surface area contributed by atoms with Gasteiger partial charge in [0.1, 0.15) is 6.54 Å². The van der Waals surface area contributed by atoms with Crippen LogP contribution in [0, 0.1) is 0 Å². The number of aromatic nitrogens is 1. The molecule has 0 radical (unpaired) electrons. The van der Waals surface area contributed by atoms with Crippen molar-refractivity contribution < 1.29 is 9.59 Å². The molecule has 0 saturated carbocycles. The lowest BCUT2D eigenvalue weighted by Gasteiger charge is -2.30. The molecule has 4 rings (SSSR count). The van der Waals surface area contributed by atoms with E-state index in [9.17, 15) is 9.59 Å². The summed E-state index contributed by atoms with van der Waals surface area (Å²) < 4.78 is 0. The van der Waals surface area contributed by atoms with Crippen LogP contribution in [0.25, 0.3) is 10.9 Å². The number of aromatic amines is 1. The van der Waals surface area contributed by atoms with Gasteiger partial charge < -0.3 is 20.1 Å². The van der Waals surface area contributed by atoms with Gasteiger partial charge in [0.2, 0.25) is 5.91 Å². The molecule has 0 saturated heterocycles. The van der Waals surface area contributed by atoms with Gasteiger partial charge in [-0.3, -0.25) is 4.79 Å². The molecule has 0 atom stereocenters. The molecule has 6 nitrogen and oxygen atoms in total. The first-order valence-corrected chi connectivity index (χ1v) is 12.0. The molecule has 1 aromatic heterocycles. The first-order valence-electron chi connectivity index (χ1n) is 12.0. The molecule has 180 valence electrons. The minimum atomic E-state index is -0.282. The van der Waals surface area contributed by atoms with Gasteiger partial charge in [-0.05, 0) is 49.6 Å². The molecule has 0 unspecified atom stereocenters. The zero-order chi connectivity index (χ0) is 24.6. The number of carbonyl (C=O) groups excluding carboxylic acids is 2. The molecule has 6 heteroatoms. The van der Waals surface area contributed by atoms with Crippen LogP contribution >= 0.6 is 0 Å². The van der Waals surface area contributed by atoms with Crippen LogP contribution in [0.2, 0.25) is 0 Å². The van der Waals surface area contributed by atoms with Crippen molar-refractivity contribution >= 4 is 28.5 Å². The van der Waals surface area contributed by atoms with Crippen LogP contribution in [0.1, 0.15) is 25.0 Å². The summed E-state index contributed by atoms with van der Waals surface area (Å²) >= 11 is 0. The molecule has 3 amide bonds. The Labute approximate surface area is 206 Å². The average molecular weight is 469 g/mol. The fourth-order valence-corrected chi connectivity index (χ4v) is 4.14. The lowest BCUT2D eigenvalue weighted by atomic mass is 10.1. The Bertz CT molecular complexity index is 1250. The number of fused-ring (bicyclic) bond motifs is 1. The molecular formula is C29H32N4O2. The van der Waals surface area contributed by atoms with E-state index >= 15 is 0 Å². The Balaban J connectivity index is 1.49. The van der Waals surface area contributed by atoms with Crippen molar-refractivity contribution in [3.63, 3.8) is 0 Å². The summed E-state index contributed by atoms with van der Waals surface area (Å²) in [5.41, 5.74) is 4.03. The Kier molecular flexibility index (Phi) is 7.83. The Morgan fingerprint density at radius 1 is 0.886 bits per heavy atom. The zero-order valence-corrected chi connectivity index (χ0v) is 20.3. The van der Waals surface area contributed by atoms with Crippen molar-refractivity contribution in [2.75, 3.05) is 18.4 Å². The van der Waals surface area contributed by atoms with Crippen molar-refractivity contribution in [3.8, 4) is 0 Å². The molecule has 0 spiro atoms. The standard InChI is InChI=1S/C29H32N4O2/c1-22(2)33(29(35)31-25-13-7-4-8-14-25)21-28(34)32(20-23-11-5-3-6-12-23)18-17-24-19-30-27-16-10-9-15-26(24)27/h3-16,19,22,30H,17-18,20-21H2,1-2H3,(H,31,35). The summed E-state index contributed by atoms with van der Waals surface area (Å²) in [4.78, 5) is 33.3. The summed E-state index contributed by atoms with van der Waals surface area (Å²) in [7, 11) is 0. The number of carbonyl (C=O) groups is 2. The second-order valence-corrected chi connectivity index (χ2v) is 8.93. The minimum absolute atomic E-state index is 0.0110. The first kappa shape index (κ1) is 24.1. The molecular weight excluding hydrogens is 436 g/mol. The van der Waals surface area contributed by atoms with E-state index in [0.717, 1.165) is 17.5 Å². The number of H-pyrrole nitrogens is 1. The van der Waals surface area contributed by atoms with Crippen LogP contribution in [0.4, 0.5) is 10.5 Å². The van der Waals surface area contributed by atoms with Crippen molar-refractivity contribution in [3.05, 3.63) is 102 Å². The molecule has 0 bridgehead atoms. The maximum atomic E-state index is 13.5. The molecule has 0 fully saturated rings. The number of amides is 3. The van der Waals surface area contributed by atoms with Gasteiger partial charge in [-0.15, -0.1) is 0 Å². The number of urea groups is 1. The van der Waals surface area contributed by atoms with Crippen LogP contribution in [-0.2, 0) is 17.8 Å². The van der Waals surface area contributed by atoms with Gasteiger partial charge in [0.15, 0.2) is 0 Å². The quantitative estimate of drug-likeness (QED) is 0.332. The lowest BCUT2D eigenvalue weighted by molar-refractivity contribution is -0.132. The summed E-state index contributed by atoms with van der Waals surface area (Å²) in [6.07, 6.45) is 2.74. The van der Waals surface area contributed by atoms with Crippen LogP contribution in [0.5, 0.6) is 0 Å². The third-order valence-corrected chi connectivity index (χ3v) is 6.11. The zero-order valence-electron chi connectivity index (χ0n) is 20.3. The van der Waals surface area contributed by atoms with Gasteiger partial charge in [0.25, 0.3) is 0 Å². The number of nitrogens with one attached hydrogen (secondary N) is 2. The van der Waals surface area contributed by atoms with Gasteiger partial charge in [0.05, 0.1) is 0 Å². The Morgan fingerprint density at radius 3 is 2.26 bits per heavy atom. The maximum Gasteiger partial charge on any atom is 0.322 e. The third-order valence-electron chi connectivity index (χ3n) is 6.11. The molecule has 4 aromatic rings. The molecule has 0 aliphatic rings. The number of hydrogen-bond acceptors (Lipinski definition) is 2. The fraction of sp³-hybridized carbons (Fsp3) is 0.241. The van der Waals surface area contributed by atoms with E-state index in [1.54, 1.807) is 4.90 Å². The molecule has 1 heterocycles. The van der Waals surface area contributed by atoms with Gasteiger partial charge in [-0.1, -0.05) is 66.7 Å². The highest BCUT2D eigenvalue weighted by Crippen LogP contribution is 2.19. The summed E-state index contributed by atoms with van der Waals surface area (Å²) in [6.45, 7) is 4.91. The van der Waals surface area contributed by atoms with Crippen LogP contribution in [-0.4, -0.2) is 45.9 Å². The third kappa shape index (κ3) is 6.29. The second kappa shape index (κ2) is 11.4. The highest BCUT2D eigenvalue weighted by molar-refractivity contribution is 5.92. The van der Waals surface area contributed by atoms with Gasteiger partial charge in [0, 0.05) is 41.9 Å². The fourth-order valence-electron chi connectivity index (χ4n) is 4.14. The van der Waals surface area contributed by atoms with Crippen molar-refractivity contribution in [1.82, 2.24) is 14.8 Å². The highest BCUT2D eigenvalue weighted by Gasteiger charge is 2.24. The highest BCUT2D eigenvalue weighted by atomic mass is 16.2. The van der Waals surface area contributed by atoms with Crippen LogP contribution in [0.3, 0.4) is 0 Å². The number of hydrogen-bond donors (Lipinski definition) is 2. The number of nitrogens with zero attached hydrogens (tertiary/aromatic N) is 2. The van der Waals surface area contributed by atoms with Gasteiger partial charge in [-0.2, -0.15) is 0 Å². The molecule has 35 heavy (non-hydrogen) atoms. The molecule has 0 aliphatic carbocycles. The maximum absolute atomic E-state index is 13.5. The van der Waals surface area contributed by atoms with Gasteiger partial charge >= 0.3 is 6.03 Å². The van der Waals surface area contributed by atoms with E-state index < -0.39 is 0 Å². The van der Waals surface area contributed by atoms with Gasteiger partial charge in [-0.25, -0.2) is 4.79 Å². The Morgan fingerprint density at radius 2 is 1.54 bits per heavy atom. The predicted octanol–water partition coefficient (Wildman–Crippen LogP) is 5.68. The minimum Gasteiger partial charge on any atom is -0.361 e. The number of anilines is 1. The van der Waals surface area contributed by atoms with Crippen LogP contribution < -0.4 is 5.32 Å². The van der Waals surface area contributed by atoms with Crippen molar-refractivity contribution in [1.29, 1.82) is 0 Å². The van der Waals surface area contributed by atoms with E-state index in [2.05, 4.69) is 22.4 Å². The number of rotatable bonds is 9. The number of benzene rings is 3. The summed E-state index contributed by atoms with van der Waals surface area (Å²) in [5.74, 6) is -0.0781. The predicted molar refractivity (Wildman–Crippen MR) is 141 cm³/mol. The second-order valence-electron chi connectivity index (χ2n) is 8.93.